The lowest BCUT2D eigenvalue weighted by Crippen LogP contribution is -2.26. The summed E-state index contributed by atoms with van der Waals surface area (Å²) in [4.78, 5) is 26.3. The maximum atomic E-state index is 12.6. The number of methoxy groups -OCH3 is 1. The molecule has 0 fully saturated rings. The Bertz CT molecular complexity index is 993. The molecule has 174 valence electrons. The number of esters is 1. The molecule has 0 saturated heterocycles. The molecule has 1 aliphatic rings. The Morgan fingerprint density at radius 1 is 1.28 bits per heavy atom. The summed E-state index contributed by atoms with van der Waals surface area (Å²) in [6.07, 6.45) is 3.67. The van der Waals surface area contributed by atoms with Crippen LogP contribution in [-0.4, -0.2) is 25.6 Å². The Kier molecular flexibility index (Phi) is 7.88. The summed E-state index contributed by atoms with van der Waals surface area (Å²) in [5.41, 5.74) is 2.74. The Morgan fingerprint density at radius 2 is 2.03 bits per heavy atom. The molecule has 7 heteroatoms. The summed E-state index contributed by atoms with van der Waals surface area (Å²) in [5.74, 6) is 0.810. The monoisotopic (exact) mass is 477 g/mol. The third kappa shape index (κ3) is 5.84. The minimum Gasteiger partial charge on any atom is -0.493 e. The second-order valence-corrected chi connectivity index (χ2v) is 11.0. The van der Waals surface area contributed by atoms with Gasteiger partial charge in [0.25, 0.3) is 0 Å². The number of carbonyl (C=O) groups is 2. The zero-order valence-corrected chi connectivity index (χ0v) is 21.0. The zero-order valence-electron chi connectivity index (χ0n) is 19.5. The number of fused-ring (bicyclic) bond motifs is 1. The van der Waals surface area contributed by atoms with Gasteiger partial charge in [-0.3, -0.25) is 4.79 Å². The van der Waals surface area contributed by atoms with Crippen molar-refractivity contribution in [2.75, 3.05) is 19.0 Å². The van der Waals surface area contributed by atoms with E-state index in [-0.39, 0.29) is 17.3 Å². The van der Waals surface area contributed by atoms with E-state index in [2.05, 4.69) is 26.1 Å². The van der Waals surface area contributed by atoms with E-state index in [9.17, 15) is 9.59 Å². The first-order valence-corrected chi connectivity index (χ1v) is 12.2. The van der Waals surface area contributed by atoms with E-state index in [0.717, 1.165) is 36.1 Å². The smallest absolute Gasteiger partial charge is 0.341 e. The summed E-state index contributed by atoms with van der Waals surface area (Å²) >= 11 is 7.49. The number of hydrogen-bond acceptors (Lipinski definition) is 5. The topological polar surface area (TPSA) is 64.6 Å². The van der Waals surface area contributed by atoms with Crippen molar-refractivity contribution in [1.29, 1.82) is 0 Å². The quantitative estimate of drug-likeness (QED) is 0.368. The van der Waals surface area contributed by atoms with Gasteiger partial charge in [-0.05, 0) is 73.3 Å². The first-order chi connectivity index (χ1) is 15.1. The highest BCUT2D eigenvalue weighted by molar-refractivity contribution is 7.17. The number of ether oxygens (including phenoxy) is 2. The first kappa shape index (κ1) is 24.6. The van der Waals surface area contributed by atoms with E-state index >= 15 is 0 Å². The number of benzene rings is 1. The van der Waals surface area contributed by atoms with Crippen LogP contribution in [0.5, 0.6) is 5.75 Å². The average Bonchev–Trinajstić information content (AvgIpc) is 3.08. The van der Waals surface area contributed by atoms with Crippen LogP contribution in [0.2, 0.25) is 5.02 Å². The van der Waals surface area contributed by atoms with Crippen LogP contribution in [0, 0.1) is 18.3 Å². The Hall–Kier alpha value is -2.05. The molecule has 1 atom stereocenters. The highest BCUT2D eigenvalue weighted by Gasteiger charge is 2.34. The van der Waals surface area contributed by atoms with Gasteiger partial charge in [-0.2, -0.15) is 0 Å². The maximum absolute atomic E-state index is 12.6. The normalized spacial score (nSPS) is 15.8. The van der Waals surface area contributed by atoms with E-state index in [1.165, 1.54) is 23.3 Å². The molecule has 2 aromatic rings. The summed E-state index contributed by atoms with van der Waals surface area (Å²) < 4.78 is 10.8. The molecule has 3 rings (SSSR count). The molecule has 32 heavy (non-hydrogen) atoms. The highest BCUT2D eigenvalue weighted by Crippen LogP contribution is 2.44. The van der Waals surface area contributed by atoms with Crippen molar-refractivity contribution in [3.63, 3.8) is 0 Å². The van der Waals surface area contributed by atoms with Crippen LogP contribution in [0.15, 0.2) is 18.2 Å². The molecular formula is C25H32ClNO4S. The summed E-state index contributed by atoms with van der Waals surface area (Å²) in [5, 5.41) is 4.24. The molecule has 0 saturated carbocycles. The maximum Gasteiger partial charge on any atom is 0.341 e. The third-order valence-corrected chi connectivity index (χ3v) is 7.48. The summed E-state index contributed by atoms with van der Waals surface area (Å²) in [6, 6.07) is 5.47. The van der Waals surface area contributed by atoms with Gasteiger partial charge in [0.05, 0.1) is 19.3 Å². The van der Waals surface area contributed by atoms with Crippen LogP contribution in [0.25, 0.3) is 0 Å². The van der Waals surface area contributed by atoms with Crippen LogP contribution < -0.4 is 10.1 Å². The van der Waals surface area contributed by atoms with E-state index in [4.69, 9.17) is 21.1 Å². The molecule has 1 heterocycles. The fraction of sp³-hybridized carbons (Fsp3) is 0.520. The summed E-state index contributed by atoms with van der Waals surface area (Å²) in [7, 11) is 1.38. The molecule has 1 amide bonds. The van der Waals surface area contributed by atoms with Crippen molar-refractivity contribution in [2.24, 2.45) is 11.3 Å². The van der Waals surface area contributed by atoms with Crippen molar-refractivity contribution in [3.8, 4) is 5.75 Å². The van der Waals surface area contributed by atoms with Crippen molar-refractivity contribution >= 4 is 39.8 Å². The Balaban J connectivity index is 1.62. The lowest BCUT2D eigenvalue weighted by atomic mass is 9.72. The van der Waals surface area contributed by atoms with Crippen LogP contribution in [0.3, 0.4) is 0 Å². The van der Waals surface area contributed by atoms with Gasteiger partial charge in [0, 0.05) is 16.3 Å². The summed E-state index contributed by atoms with van der Waals surface area (Å²) in [6.45, 7) is 9.13. The fourth-order valence-electron chi connectivity index (χ4n) is 4.11. The molecule has 1 aromatic heterocycles. The minimum atomic E-state index is -0.381. The molecule has 1 aromatic carbocycles. The van der Waals surface area contributed by atoms with Crippen LogP contribution >= 0.6 is 22.9 Å². The standard InChI is InChI=1S/C25H32ClNO4S/c1-15-13-17(26)9-11-19(15)31-12-6-7-21(28)27-23-22(24(29)30-5)18-10-8-16(25(2,3)4)14-20(18)32-23/h9,11,13,16H,6-8,10,12,14H2,1-5H3,(H,27,28). The average molecular weight is 478 g/mol. The van der Waals surface area contributed by atoms with Gasteiger partial charge in [0.15, 0.2) is 0 Å². The molecule has 0 bridgehead atoms. The van der Waals surface area contributed by atoms with Gasteiger partial charge in [-0.15, -0.1) is 11.3 Å². The third-order valence-electron chi connectivity index (χ3n) is 6.08. The van der Waals surface area contributed by atoms with E-state index in [1.54, 1.807) is 6.07 Å². The van der Waals surface area contributed by atoms with Crippen molar-refractivity contribution in [2.45, 2.75) is 59.8 Å². The second-order valence-electron chi connectivity index (χ2n) is 9.42. The number of aryl methyl sites for hydroxylation is 1. The fourth-order valence-corrected chi connectivity index (χ4v) is 5.67. The van der Waals surface area contributed by atoms with Gasteiger partial charge in [-0.1, -0.05) is 32.4 Å². The lowest BCUT2D eigenvalue weighted by molar-refractivity contribution is -0.116. The van der Waals surface area contributed by atoms with Crippen molar-refractivity contribution in [3.05, 3.63) is 44.8 Å². The van der Waals surface area contributed by atoms with Gasteiger partial charge in [-0.25, -0.2) is 4.79 Å². The minimum absolute atomic E-state index is 0.127. The molecule has 0 spiro atoms. The van der Waals surface area contributed by atoms with Gasteiger partial charge in [0.1, 0.15) is 10.8 Å². The van der Waals surface area contributed by atoms with E-state index < -0.39 is 0 Å². The van der Waals surface area contributed by atoms with Crippen molar-refractivity contribution < 1.29 is 19.1 Å². The van der Waals surface area contributed by atoms with Gasteiger partial charge in [0.2, 0.25) is 5.91 Å². The highest BCUT2D eigenvalue weighted by atomic mass is 35.5. The first-order valence-electron chi connectivity index (χ1n) is 11.0. The molecule has 0 radical (unpaired) electrons. The SMILES string of the molecule is COC(=O)c1c(NC(=O)CCCOc2ccc(Cl)cc2C)sc2c1CCC(C(C)(C)C)C2. The largest absolute Gasteiger partial charge is 0.493 e. The number of hydrogen-bond donors (Lipinski definition) is 1. The molecule has 0 aliphatic heterocycles. The number of carbonyl (C=O) groups excluding carboxylic acids is 2. The second kappa shape index (κ2) is 10.3. The predicted octanol–water partition coefficient (Wildman–Crippen LogP) is 6.45. The van der Waals surface area contributed by atoms with Crippen LogP contribution in [0.1, 0.15) is 66.4 Å². The Morgan fingerprint density at radius 3 is 2.69 bits per heavy atom. The molecule has 1 aliphatic carbocycles. The number of amides is 1. The van der Waals surface area contributed by atoms with Crippen LogP contribution in [0.4, 0.5) is 5.00 Å². The number of halogens is 1. The van der Waals surface area contributed by atoms with Gasteiger partial charge < -0.3 is 14.8 Å². The number of thiophene rings is 1. The number of rotatable bonds is 7. The molecule has 5 nitrogen and oxygen atoms in total. The van der Waals surface area contributed by atoms with Gasteiger partial charge >= 0.3 is 5.97 Å². The predicted molar refractivity (Wildman–Crippen MR) is 130 cm³/mol. The number of nitrogens with one attached hydrogen (secondary N) is 1. The molecule has 1 N–H and O–H groups in total. The van der Waals surface area contributed by atoms with E-state index in [1.807, 2.05) is 19.1 Å². The zero-order chi connectivity index (χ0) is 23.5. The van der Waals surface area contributed by atoms with E-state index in [0.29, 0.717) is 41.0 Å². The van der Waals surface area contributed by atoms with Crippen molar-refractivity contribution in [1.82, 2.24) is 0 Å². The number of anilines is 1. The lowest BCUT2D eigenvalue weighted by Gasteiger charge is -2.33. The molecule has 1 unspecified atom stereocenters. The van der Waals surface area contributed by atoms with Crippen LogP contribution in [-0.2, 0) is 22.4 Å². The molecular weight excluding hydrogens is 446 g/mol. The Labute approximate surface area is 199 Å².